The van der Waals surface area contributed by atoms with E-state index in [1.807, 2.05) is 26.0 Å². The minimum atomic E-state index is -0.658. The molecule has 0 amide bonds. The van der Waals surface area contributed by atoms with Gasteiger partial charge in [0.05, 0.1) is 17.3 Å². The quantitative estimate of drug-likeness (QED) is 0.660. The fourth-order valence-corrected chi connectivity index (χ4v) is 2.69. The zero-order valence-electron chi connectivity index (χ0n) is 13.3. The number of carbonyl (C=O) groups is 1. The molecule has 1 aliphatic heterocycles. The molecule has 24 heavy (non-hydrogen) atoms. The van der Waals surface area contributed by atoms with Crippen LogP contribution in [0.3, 0.4) is 0 Å². The summed E-state index contributed by atoms with van der Waals surface area (Å²) >= 11 is 6.03. The van der Waals surface area contributed by atoms with E-state index in [9.17, 15) is 4.79 Å². The Morgan fingerprint density at radius 2 is 1.96 bits per heavy atom. The molecule has 1 N–H and O–H groups in total. The van der Waals surface area contributed by atoms with Gasteiger partial charge in [-0.05, 0) is 56.3 Å². The Bertz CT molecular complexity index is 877. The number of fused-ring (bicyclic) bond motifs is 1. The molecule has 2 aromatic rings. The molecule has 2 aromatic carbocycles. The van der Waals surface area contributed by atoms with Crippen molar-refractivity contribution in [2.75, 3.05) is 0 Å². The minimum absolute atomic E-state index is 0.152. The van der Waals surface area contributed by atoms with Gasteiger partial charge in [-0.1, -0.05) is 11.6 Å². The molecule has 3 rings (SSSR count). The Hall–Kier alpha value is -2.77. The minimum Gasteiger partial charge on any atom is -0.468 e. The molecule has 120 valence electrons. The predicted molar refractivity (Wildman–Crippen MR) is 92.8 cm³/mol. The van der Waals surface area contributed by atoms with Crippen LogP contribution < -0.4 is 10.1 Å². The molecule has 0 spiro atoms. The first kappa shape index (κ1) is 16.1. The van der Waals surface area contributed by atoms with Crippen LogP contribution in [0.4, 0.5) is 0 Å². The van der Waals surface area contributed by atoms with E-state index in [0.29, 0.717) is 27.6 Å². The number of carbonyl (C=O) groups excluding carboxylic acids is 1. The topological polar surface area (TPSA) is 62.1 Å². The van der Waals surface area contributed by atoms with E-state index in [-0.39, 0.29) is 5.78 Å². The molecule has 0 saturated carbocycles. The monoisotopic (exact) mass is 338 g/mol. The number of allylic oxidation sites excluding steroid dienone is 1. The maximum absolute atomic E-state index is 12.5. The third-order valence-corrected chi connectivity index (χ3v) is 3.84. The molecular weight excluding hydrogens is 324 g/mol. The second-order valence-corrected chi connectivity index (χ2v) is 6.43. The molecule has 0 saturated heterocycles. The van der Waals surface area contributed by atoms with Crippen LogP contribution in [0.25, 0.3) is 5.70 Å². The van der Waals surface area contributed by atoms with Gasteiger partial charge < -0.3 is 10.1 Å². The highest BCUT2D eigenvalue weighted by atomic mass is 35.5. The van der Waals surface area contributed by atoms with E-state index in [1.165, 1.54) is 0 Å². The van der Waals surface area contributed by atoms with Gasteiger partial charge in [0.1, 0.15) is 5.75 Å². The maximum Gasteiger partial charge on any atom is 0.187 e. The van der Waals surface area contributed by atoms with Gasteiger partial charge in [0.2, 0.25) is 0 Å². The number of rotatable bonds is 2. The summed E-state index contributed by atoms with van der Waals surface area (Å²) in [4.78, 5) is 12.5. The summed E-state index contributed by atoms with van der Waals surface area (Å²) < 4.78 is 5.86. The van der Waals surface area contributed by atoms with Gasteiger partial charge >= 0.3 is 0 Å². The lowest BCUT2D eigenvalue weighted by Crippen LogP contribution is -2.46. The summed E-state index contributed by atoms with van der Waals surface area (Å²) in [6.45, 7) is 3.74. The fourth-order valence-electron chi connectivity index (χ4n) is 2.53. The molecule has 1 aliphatic rings. The lowest BCUT2D eigenvalue weighted by atomic mass is 10.0. The first-order valence-corrected chi connectivity index (χ1v) is 7.79. The van der Waals surface area contributed by atoms with Crippen LogP contribution in [-0.4, -0.2) is 11.5 Å². The first-order chi connectivity index (χ1) is 11.4. The molecular formula is C19H15ClN2O2. The molecule has 0 unspecified atom stereocenters. The number of ketones is 1. The standard InChI is InChI=1S/C19H15ClN2O2/c1-19(2)22-16(15-8-7-14(20)9-18(15)24-19)10-17(23)13-5-3-12(11-21)4-6-13/h3-10,22H,1-2H3/b16-10-. The average molecular weight is 339 g/mol. The molecule has 0 radical (unpaired) electrons. The summed E-state index contributed by atoms with van der Waals surface area (Å²) in [5.41, 5.74) is 1.83. The summed E-state index contributed by atoms with van der Waals surface area (Å²) in [6, 6.07) is 13.9. The fraction of sp³-hybridized carbons (Fsp3) is 0.158. The van der Waals surface area contributed by atoms with Crippen molar-refractivity contribution < 1.29 is 9.53 Å². The molecule has 0 aliphatic carbocycles. The largest absolute Gasteiger partial charge is 0.468 e. The van der Waals surface area contributed by atoms with Crippen LogP contribution >= 0.6 is 11.6 Å². The Balaban J connectivity index is 1.99. The van der Waals surface area contributed by atoms with E-state index < -0.39 is 5.72 Å². The smallest absolute Gasteiger partial charge is 0.187 e. The highest BCUT2D eigenvalue weighted by Gasteiger charge is 2.29. The van der Waals surface area contributed by atoms with E-state index in [2.05, 4.69) is 5.32 Å². The van der Waals surface area contributed by atoms with Crippen molar-refractivity contribution in [2.45, 2.75) is 19.6 Å². The van der Waals surface area contributed by atoms with Crippen molar-refractivity contribution in [1.82, 2.24) is 5.32 Å². The van der Waals surface area contributed by atoms with Crippen LogP contribution in [0.2, 0.25) is 5.02 Å². The second kappa shape index (κ2) is 6.03. The SMILES string of the molecule is CC1(C)N/C(=C\C(=O)c2ccc(C#N)cc2)c2ccc(Cl)cc2O1. The highest BCUT2D eigenvalue weighted by Crippen LogP contribution is 2.35. The van der Waals surface area contributed by atoms with Crippen LogP contribution in [0.5, 0.6) is 5.75 Å². The number of hydrogen-bond donors (Lipinski definition) is 1. The van der Waals surface area contributed by atoms with Gasteiger partial charge in [-0.2, -0.15) is 5.26 Å². The van der Waals surface area contributed by atoms with E-state index in [1.54, 1.807) is 42.5 Å². The number of benzene rings is 2. The van der Waals surface area contributed by atoms with E-state index >= 15 is 0 Å². The zero-order chi connectivity index (χ0) is 17.3. The molecule has 1 heterocycles. The molecule has 5 heteroatoms. The number of nitrogens with zero attached hydrogens (tertiary/aromatic N) is 1. The third-order valence-electron chi connectivity index (χ3n) is 3.61. The van der Waals surface area contributed by atoms with Crippen LogP contribution in [0.15, 0.2) is 48.5 Å². The van der Waals surface area contributed by atoms with Crippen molar-refractivity contribution >= 4 is 23.1 Å². The highest BCUT2D eigenvalue weighted by molar-refractivity contribution is 6.30. The van der Waals surface area contributed by atoms with Crippen LogP contribution in [0, 0.1) is 11.3 Å². The molecule has 0 atom stereocenters. The summed E-state index contributed by atoms with van der Waals surface area (Å²) in [7, 11) is 0. The van der Waals surface area contributed by atoms with Gasteiger partial charge in [0, 0.05) is 22.2 Å². The lowest BCUT2D eigenvalue weighted by Gasteiger charge is -2.36. The molecule has 0 bridgehead atoms. The average Bonchev–Trinajstić information content (AvgIpc) is 2.53. The Morgan fingerprint density at radius 3 is 2.62 bits per heavy atom. The molecule has 4 nitrogen and oxygen atoms in total. The Kier molecular flexibility index (Phi) is 4.04. The van der Waals surface area contributed by atoms with Crippen molar-refractivity contribution in [3.63, 3.8) is 0 Å². The normalized spacial score (nSPS) is 16.5. The van der Waals surface area contributed by atoms with Gasteiger partial charge in [-0.3, -0.25) is 4.79 Å². The zero-order valence-corrected chi connectivity index (χ0v) is 14.0. The van der Waals surface area contributed by atoms with Gasteiger partial charge in [0.25, 0.3) is 0 Å². The third kappa shape index (κ3) is 3.27. The van der Waals surface area contributed by atoms with E-state index in [4.69, 9.17) is 21.6 Å². The van der Waals surface area contributed by atoms with Crippen molar-refractivity contribution in [1.29, 1.82) is 5.26 Å². The summed E-state index contributed by atoms with van der Waals surface area (Å²) in [5.74, 6) is 0.478. The van der Waals surface area contributed by atoms with Crippen LogP contribution in [0.1, 0.15) is 35.3 Å². The van der Waals surface area contributed by atoms with Gasteiger partial charge in [0.15, 0.2) is 11.5 Å². The van der Waals surface area contributed by atoms with Crippen LogP contribution in [-0.2, 0) is 0 Å². The Labute approximate surface area is 145 Å². The van der Waals surface area contributed by atoms with Gasteiger partial charge in [-0.25, -0.2) is 0 Å². The number of hydrogen-bond acceptors (Lipinski definition) is 4. The second-order valence-electron chi connectivity index (χ2n) is 5.99. The summed E-state index contributed by atoms with van der Waals surface area (Å²) in [6.07, 6.45) is 1.54. The number of halogens is 1. The van der Waals surface area contributed by atoms with Gasteiger partial charge in [-0.15, -0.1) is 0 Å². The molecule has 0 fully saturated rings. The van der Waals surface area contributed by atoms with Crippen molar-refractivity contribution in [3.05, 3.63) is 70.3 Å². The number of ether oxygens (including phenoxy) is 1. The first-order valence-electron chi connectivity index (χ1n) is 7.41. The summed E-state index contributed by atoms with van der Waals surface area (Å²) in [5, 5.41) is 12.6. The Morgan fingerprint density at radius 1 is 1.25 bits per heavy atom. The molecule has 0 aromatic heterocycles. The lowest BCUT2D eigenvalue weighted by molar-refractivity contribution is 0.0817. The number of nitrogens with one attached hydrogen (secondary N) is 1. The van der Waals surface area contributed by atoms with Crippen molar-refractivity contribution in [3.8, 4) is 11.8 Å². The maximum atomic E-state index is 12.5. The van der Waals surface area contributed by atoms with E-state index in [0.717, 1.165) is 5.56 Å². The number of nitriles is 1. The predicted octanol–water partition coefficient (Wildman–Crippen LogP) is 4.15. The van der Waals surface area contributed by atoms with Crippen molar-refractivity contribution in [2.24, 2.45) is 0 Å².